The fourth-order valence-electron chi connectivity index (χ4n) is 2.77. The number of hydrogen-bond donors (Lipinski definition) is 2. The third-order valence-electron chi connectivity index (χ3n) is 4.22. The van der Waals surface area contributed by atoms with Gasteiger partial charge in [0.05, 0.1) is 12.6 Å². The largest absolute Gasteiger partial charge is 0.497 e. The highest BCUT2D eigenvalue weighted by Crippen LogP contribution is 2.23. The van der Waals surface area contributed by atoms with Crippen molar-refractivity contribution in [2.24, 2.45) is 5.73 Å². The van der Waals surface area contributed by atoms with Gasteiger partial charge in [0.1, 0.15) is 11.4 Å². The van der Waals surface area contributed by atoms with Crippen LogP contribution in [-0.4, -0.2) is 48.9 Å². The van der Waals surface area contributed by atoms with Crippen molar-refractivity contribution in [2.75, 3.05) is 26.7 Å². The van der Waals surface area contributed by atoms with Crippen LogP contribution in [0.25, 0.3) is 0 Å². The molecule has 6 heteroatoms. The fourth-order valence-corrected chi connectivity index (χ4v) is 2.77. The van der Waals surface area contributed by atoms with E-state index in [1.165, 1.54) is 0 Å². The molecule has 0 aromatic heterocycles. The Bertz CT molecular complexity index is 554. The van der Waals surface area contributed by atoms with Crippen LogP contribution < -0.4 is 15.8 Å². The smallest absolute Gasteiger partial charge is 0.410 e. The summed E-state index contributed by atoms with van der Waals surface area (Å²) < 4.78 is 10.6. The average Bonchev–Trinajstić information content (AvgIpc) is 2.97. The number of carbonyl (C=O) groups is 1. The Morgan fingerprint density at radius 3 is 2.54 bits per heavy atom. The van der Waals surface area contributed by atoms with Crippen molar-refractivity contribution in [3.8, 4) is 5.75 Å². The first kappa shape index (κ1) is 18.5. The number of rotatable bonds is 5. The molecular weight excluding hydrogens is 306 g/mol. The second-order valence-electron chi connectivity index (χ2n) is 7.34. The van der Waals surface area contributed by atoms with Crippen LogP contribution in [-0.2, 0) is 11.3 Å². The molecule has 1 aromatic rings. The van der Waals surface area contributed by atoms with Crippen molar-refractivity contribution in [1.29, 1.82) is 0 Å². The summed E-state index contributed by atoms with van der Waals surface area (Å²) in [5, 5.41) is 3.53. The molecule has 0 saturated carbocycles. The number of nitrogens with two attached hydrogens (primary N) is 1. The van der Waals surface area contributed by atoms with Gasteiger partial charge in [-0.3, -0.25) is 0 Å². The number of likely N-dealkylation sites (tertiary alicyclic amines) is 1. The first-order chi connectivity index (χ1) is 11.3. The highest BCUT2D eigenvalue weighted by molar-refractivity contribution is 5.68. The van der Waals surface area contributed by atoms with Crippen molar-refractivity contribution in [2.45, 2.75) is 44.9 Å². The number of nitrogens with zero attached hydrogens (tertiary/aromatic N) is 1. The van der Waals surface area contributed by atoms with Crippen LogP contribution in [0.3, 0.4) is 0 Å². The van der Waals surface area contributed by atoms with Gasteiger partial charge in [0, 0.05) is 26.2 Å². The van der Waals surface area contributed by atoms with E-state index in [1.807, 2.05) is 45.0 Å². The van der Waals surface area contributed by atoms with Crippen LogP contribution in [0.4, 0.5) is 4.79 Å². The lowest BCUT2D eigenvalue weighted by Crippen LogP contribution is -2.53. The minimum absolute atomic E-state index is 0.267. The molecular formula is C18H29N3O3. The zero-order valence-corrected chi connectivity index (χ0v) is 15.1. The summed E-state index contributed by atoms with van der Waals surface area (Å²) in [6.45, 7) is 8.01. The lowest BCUT2D eigenvalue weighted by atomic mass is 9.98. The molecule has 24 heavy (non-hydrogen) atoms. The Hall–Kier alpha value is -1.79. The molecule has 1 heterocycles. The van der Waals surface area contributed by atoms with E-state index in [-0.39, 0.29) is 11.6 Å². The van der Waals surface area contributed by atoms with Crippen molar-refractivity contribution in [1.82, 2.24) is 10.2 Å². The zero-order chi connectivity index (χ0) is 17.8. The van der Waals surface area contributed by atoms with E-state index >= 15 is 0 Å². The maximum atomic E-state index is 12.2. The number of methoxy groups -OCH3 is 1. The lowest BCUT2D eigenvalue weighted by Gasteiger charge is -2.30. The predicted octanol–water partition coefficient (Wildman–Crippen LogP) is 2.12. The first-order valence-electron chi connectivity index (χ1n) is 8.33. The lowest BCUT2D eigenvalue weighted by molar-refractivity contribution is 0.0281. The summed E-state index contributed by atoms with van der Waals surface area (Å²) in [6, 6.07) is 7.93. The number of ether oxygens (including phenoxy) is 2. The Kier molecular flexibility index (Phi) is 5.72. The van der Waals surface area contributed by atoms with Crippen LogP contribution in [0.15, 0.2) is 24.3 Å². The first-order valence-corrected chi connectivity index (χ1v) is 8.33. The molecule has 0 spiro atoms. The second-order valence-corrected chi connectivity index (χ2v) is 7.34. The molecule has 1 saturated heterocycles. The molecule has 1 unspecified atom stereocenters. The highest BCUT2D eigenvalue weighted by atomic mass is 16.6. The molecule has 134 valence electrons. The van der Waals surface area contributed by atoms with Crippen LogP contribution >= 0.6 is 0 Å². The maximum Gasteiger partial charge on any atom is 0.410 e. The van der Waals surface area contributed by atoms with Crippen molar-refractivity contribution < 1.29 is 14.3 Å². The Labute approximate surface area is 144 Å². The normalized spacial score (nSPS) is 21.0. The van der Waals surface area contributed by atoms with Gasteiger partial charge >= 0.3 is 6.09 Å². The molecule has 0 aliphatic carbocycles. The molecule has 1 amide bonds. The Morgan fingerprint density at radius 2 is 2.00 bits per heavy atom. The number of hydrogen-bond acceptors (Lipinski definition) is 5. The Balaban J connectivity index is 1.93. The third kappa shape index (κ3) is 4.85. The monoisotopic (exact) mass is 335 g/mol. The van der Waals surface area contributed by atoms with Gasteiger partial charge in [0.2, 0.25) is 0 Å². The van der Waals surface area contributed by atoms with Crippen molar-refractivity contribution in [3.05, 3.63) is 29.8 Å². The van der Waals surface area contributed by atoms with Crippen LogP contribution in [0.1, 0.15) is 32.8 Å². The van der Waals surface area contributed by atoms with Crippen molar-refractivity contribution >= 4 is 6.09 Å². The molecule has 1 aromatic carbocycles. The molecule has 3 N–H and O–H groups in total. The second kappa shape index (κ2) is 7.40. The van der Waals surface area contributed by atoms with Gasteiger partial charge < -0.3 is 25.4 Å². The van der Waals surface area contributed by atoms with Gasteiger partial charge in [-0.1, -0.05) is 12.1 Å². The van der Waals surface area contributed by atoms with Crippen LogP contribution in [0, 0.1) is 0 Å². The van der Waals surface area contributed by atoms with E-state index in [9.17, 15) is 4.79 Å². The summed E-state index contributed by atoms with van der Waals surface area (Å²) in [6.07, 6.45) is 0.544. The molecule has 6 nitrogen and oxygen atoms in total. The van der Waals surface area contributed by atoms with Crippen molar-refractivity contribution in [3.63, 3.8) is 0 Å². The van der Waals surface area contributed by atoms with Gasteiger partial charge in [-0.25, -0.2) is 4.79 Å². The molecule has 1 aliphatic rings. The van der Waals surface area contributed by atoms with Crippen LogP contribution in [0.5, 0.6) is 5.75 Å². The molecule has 1 aliphatic heterocycles. The average molecular weight is 335 g/mol. The summed E-state index contributed by atoms with van der Waals surface area (Å²) in [5.74, 6) is 0.837. The number of benzene rings is 1. The van der Waals surface area contributed by atoms with E-state index < -0.39 is 5.60 Å². The fraction of sp³-hybridized carbons (Fsp3) is 0.611. The molecule has 2 rings (SSSR count). The van der Waals surface area contributed by atoms with E-state index in [0.29, 0.717) is 26.2 Å². The quantitative estimate of drug-likeness (QED) is 0.862. The highest BCUT2D eigenvalue weighted by Gasteiger charge is 2.39. The van der Waals surface area contributed by atoms with Gasteiger partial charge in [0.15, 0.2) is 0 Å². The van der Waals surface area contributed by atoms with Gasteiger partial charge in [-0.2, -0.15) is 0 Å². The number of amides is 1. The van der Waals surface area contributed by atoms with Gasteiger partial charge in [0.25, 0.3) is 0 Å². The minimum atomic E-state index is -0.485. The third-order valence-corrected chi connectivity index (χ3v) is 4.22. The van der Waals surface area contributed by atoms with E-state index in [1.54, 1.807) is 12.0 Å². The number of nitrogens with one attached hydrogen (secondary N) is 1. The molecule has 1 atom stereocenters. The molecule has 0 radical (unpaired) electrons. The summed E-state index contributed by atoms with van der Waals surface area (Å²) in [5.41, 5.74) is 6.41. The predicted molar refractivity (Wildman–Crippen MR) is 94.0 cm³/mol. The summed E-state index contributed by atoms with van der Waals surface area (Å²) in [7, 11) is 1.65. The van der Waals surface area contributed by atoms with Gasteiger partial charge in [-0.05, 0) is 44.9 Å². The minimum Gasteiger partial charge on any atom is -0.497 e. The Morgan fingerprint density at radius 1 is 1.33 bits per heavy atom. The zero-order valence-electron chi connectivity index (χ0n) is 15.1. The van der Waals surface area contributed by atoms with E-state index in [2.05, 4.69) is 5.32 Å². The van der Waals surface area contributed by atoms with Gasteiger partial charge in [-0.15, -0.1) is 0 Å². The number of carbonyl (C=O) groups excluding carboxylic acids is 1. The summed E-state index contributed by atoms with van der Waals surface area (Å²) >= 11 is 0. The van der Waals surface area contributed by atoms with E-state index in [4.69, 9.17) is 15.2 Å². The SMILES string of the molecule is COc1ccc(CNC2(CN)CCN(C(=O)OC(C)(C)C)C2)cc1. The maximum absolute atomic E-state index is 12.2. The van der Waals surface area contributed by atoms with Crippen LogP contribution in [0.2, 0.25) is 0 Å². The van der Waals surface area contributed by atoms with E-state index in [0.717, 1.165) is 17.7 Å². The molecule has 0 bridgehead atoms. The standard InChI is InChI=1S/C18H29N3O3/c1-17(2,3)24-16(22)21-10-9-18(12-19,13-21)20-11-14-5-7-15(23-4)8-6-14/h5-8,20H,9-13,19H2,1-4H3. The molecule has 1 fully saturated rings. The topological polar surface area (TPSA) is 76.8 Å². The summed E-state index contributed by atoms with van der Waals surface area (Å²) in [4.78, 5) is 14.0.